The fraction of sp³-hybridized carbons (Fsp3) is 0.333. The highest BCUT2D eigenvalue weighted by Gasteiger charge is 2.29. The summed E-state index contributed by atoms with van der Waals surface area (Å²) in [6, 6.07) is 0. The standard InChI is InChI=1S/C9H7BrN4O2/c10-5-3-11-9-12-7(4-1-2-4)13-14(9)6(5)8(15)16/h3-4H,1-2H2,(H,15,16). The number of aromatic carboxylic acids is 1. The van der Waals surface area contributed by atoms with Gasteiger partial charge in [0.1, 0.15) is 0 Å². The molecule has 0 radical (unpaired) electrons. The van der Waals surface area contributed by atoms with Gasteiger partial charge >= 0.3 is 5.97 Å². The summed E-state index contributed by atoms with van der Waals surface area (Å²) >= 11 is 3.15. The average Bonchev–Trinajstić information content (AvgIpc) is 2.98. The lowest BCUT2D eigenvalue weighted by Crippen LogP contribution is -2.08. The summed E-state index contributed by atoms with van der Waals surface area (Å²) in [5.41, 5.74) is 0.0596. The maximum absolute atomic E-state index is 11.1. The van der Waals surface area contributed by atoms with Gasteiger partial charge in [0.2, 0.25) is 0 Å². The minimum Gasteiger partial charge on any atom is -0.476 e. The van der Waals surface area contributed by atoms with E-state index in [0.29, 0.717) is 22.0 Å². The number of hydrogen-bond donors (Lipinski definition) is 1. The monoisotopic (exact) mass is 282 g/mol. The van der Waals surface area contributed by atoms with Crippen molar-refractivity contribution in [2.45, 2.75) is 18.8 Å². The zero-order valence-electron chi connectivity index (χ0n) is 8.09. The lowest BCUT2D eigenvalue weighted by molar-refractivity contribution is 0.0686. The van der Waals surface area contributed by atoms with E-state index in [1.807, 2.05) is 0 Å². The molecule has 0 unspecified atom stereocenters. The Hall–Kier alpha value is -1.50. The molecule has 82 valence electrons. The molecule has 0 amide bonds. The van der Waals surface area contributed by atoms with Crippen LogP contribution in [0.5, 0.6) is 0 Å². The van der Waals surface area contributed by atoms with Crippen LogP contribution in [-0.2, 0) is 0 Å². The van der Waals surface area contributed by atoms with Gasteiger partial charge in [0, 0.05) is 12.1 Å². The predicted octanol–water partition coefficient (Wildman–Crippen LogP) is 1.46. The lowest BCUT2D eigenvalue weighted by atomic mass is 10.4. The molecule has 7 heteroatoms. The molecule has 2 aromatic heterocycles. The van der Waals surface area contributed by atoms with Crippen molar-refractivity contribution in [3.63, 3.8) is 0 Å². The van der Waals surface area contributed by atoms with E-state index in [2.05, 4.69) is 31.0 Å². The van der Waals surface area contributed by atoms with Crippen molar-refractivity contribution in [2.24, 2.45) is 0 Å². The zero-order chi connectivity index (χ0) is 11.3. The Morgan fingerprint density at radius 1 is 1.56 bits per heavy atom. The number of fused-ring (bicyclic) bond motifs is 1. The average molecular weight is 283 g/mol. The van der Waals surface area contributed by atoms with Gasteiger partial charge in [0.25, 0.3) is 5.78 Å². The SMILES string of the molecule is O=C(O)c1c(Br)cnc2nc(C3CC3)nn12. The van der Waals surface area contributed by atoms with Crippen molar-refractivity contribution < 1.29 is 9.90 Å². The summed E-state index contributed by atoms with van der Waals surface area (Å²) in [6.07, 6.45) is 3.57. The summed E-state index contributed by atoms with van der Waals surface area (Å²) in [6.45, 7) is 0. The highest BCUT2D eigenvalue weighted by Crippen LogP contribution is 2.38. The van der Waals surface area contributed by atoms with E-state index in [0.717, 1.165) is 12.8 Å². The van der Waals surface area contributed by atoms with Crippen molar-refractivity contribution in [3.05, 3.63) is 22.2 Å². The first kappa shape index (κ1) is 9.71. The van der Waals surface area contributed by atoms with Crippen molar-refractivity contribution >= 4 is 27.7 Å². The van der Waals surface area contributed by atoms with Crippen LogP contribution in [0.4, 0.5) is 0 Å². The van der Waals surface area contributed by atoms with Crippen LogP contribution in [0, 0.1) is 0 Å². The van der Waals surface area contributed by atoms with Gasteiger partial charge < -0.3 is 5.11 Å². The van der Waals surface area contributed by atoms with Gasteiger partial charge in [-0.15, -0.1) is 5.10 Å². The van der Waals surface area contributed by atoms with Gasteiger partial charge in [-0.25, -0.2) is 9.78 Å². The molecule has 2 aromatic rings. The first-order chi connectivity index (χ1) is 7.66. The molecule has 0 saturated heterocycles. The van der Waals surface area contributed by atoms with Gasteiger partial charge in [-0.3, -0.25) is 0 Å². The second-order valence-electron chi connectivity index (χ2n) is 3.72. The van der Waals surface area contributed by atoms with E-state index in [4.69, 9.17) is 5.11 Å². The Kier molecular flexibility index (Phi) is 1.97. The zero-order valence-corrected chi connectivity index (χ0v) is 9.68. The van der Waals surface area contributed by atoms with Crippen molar-refractivity contribution in [1.82, 2.24) is 19.6 Å². The Labute approximate surface area is 98.5 Å². The smallest absolute Gasteiger partial charge is 0.355 e. The Balaban J connectivity index is 2.28. The molecular formula is C9H7BrN4O2. The van der Waals surface area contributed by atoms with Gasteiger partial charge in [-0.1, -0.05) is 0 Å². The van der Waals surface area contributed by atoms with Crippen LogP contribution >= 0.6 is 15.9 Å². The van der Waals surface area contributed by atoms with E-state index >= 15 is 0 Å². The molecule has 1 N–H and O–H groups in total. The first-order valence-electron chi connectivity index (χ1n) is 4.81. The maximum Gasteiger partial charge on any atom is 0.355 e. The summed E-state index contributed by atoms with van der Waals surface area (Å²) < 4.78 is 1.68. The summed E-state index contributed by atoms with van der Waals surface area (Å²) in [7, 11) is 0. The number of halogens is 1. The Morgan fingerprint density at radius 3 is 2.94 bits per heavy atom. The highest BCUT2D eigenvalue weighted by atomic mass is 79.9. The second-order valence-corrected chi connectivity index (χ2v) is 4.57. The summed E-state index contributed by atoms with van der Waals surface area (Å²) in [4.78, 5) is 19.3. The number of carbonyl (C=O) groups is 1. The van der Waals surface area contributed by atoms with Crippen LogP contribution in [0.2, 0.25) is 0 Å². The number of carboxylic acids is 1. The van der Waals surface area contributed by atoms with Gasteiger partial charge in [0.15, 0.2) is 11.5 Å². The van der Waals surface area contributed by atoms with E-state index in [9.17, 15) is 4.79 Å². The summed E-state index contributed by atoms with van der Waals surface area (Å²) in [5.74, 6) is 0.351. The topological polar surface area (TPSA) is 80.4 Å². The molecule has 0 aromatic carbocycles. The molecule has 0 aliphatic heterocycles. The van der Waals surface area contributed by atoms with Gasteiger partial charge in [0.05, 0.1) is 4.47 Å². The van der Waals surface area contributed by atoms with E-state index in [-0.39, 0.29) is 5.69 Å². The fourth-order valence-corrected chi connectivity index (χ4v) is 1.98. The third-order valence-corrected chi connectivity index (χ3v) is 3.06. The van der Waals surface area contributed by atoms with Gasteiger partial charge in [-0.2, -0.15) is 9.50 Å². The van der Waals surface area contributed by atoms with Crippen LogP contribution in [-0.4, -0.2) is 30.7 Å². The molecule has 0 bridgehead atoms. The molecule has 16 heavy (non-hydrogen) atoms. The van der Waals surface area contributed by atoms with E-state index in [1.54, 1.807) is 0 Å². The minimum atomic E-state index is -1.05. The third-order valence-electron chi connectivity index (χ3n) is 2.48. The molecule has 1 aliphatic rings. The predicted molar refractivity (Wildman–Crippen MR) is 57.4 cm³/mol. The van der Waals surface area contributed by atoms with Crippen LogP contribution in [0.1, 0.15) is 35.1 Å². The maximum atomic E-state index is 11.1. The summed E-state index contributed by atoms with van der Waals surface area (Å²) in [5, 5.41) is 13.3. The fourth-order valence-electron chi connectivity index (χ4n) is 1.54. The van der Waals surface area contributed by atoms with Crippen LogP contribution < -0.4 is 0 Å². The second kappa shape index (κ2) is 3.24. The lowest BCUT2D eigenvalue weighted by Gasteiger charge is -1.99. The molecule has 0 atom stereocenters. The number of nitrogens with zero attached hydrogens (tertiary/aromatic N) is 4. The number of rotatable bonds is 2. The van der Waals surface area contributed by atoms with Gasteiger partial charge in [-0.05, 0) is 28.8 Å². The van der Waals surface area contributed by atoms with E-state index in [1.165, 1.54) is 10.7 Å². The van der Waals surface area contributed by atoms with Crippen molar-refractivity contribution in [3.8, 4) is 0 Å². The highest BCUT2D eigenvalue weighted by molar-refractivity contribution is 9.10. The number of hydrogen-bond acceptors (Lipinski definition) is 4. The minimum absolute atomic E-state index is 0.0596. The molecule has 1 fully saturated rings. The quantitative estimate of drug-likeness (QED) is 0.902. The van der Waals surface area contributed by atoms with Crippen LogP contribution in [0.3, 0.4) is 0 Å². The Morgan fingerprint density at radius 2 is 2.31 bits per heavy atom. The normalized spacial score (nSPS) is 15.6. The van der Waals surface area contributed by atoms with Crippen LogP contribution in [0.25, 0.3) is 5.78 Å². The van der Waals surface area contributed by atoms with Crippen LogP contribution in [0.15, 0.2) is 10.7 Å². The van der Waals surface area contributed by atoms with Crippen molar-refractivity contribution in [2.75, 3.05) is 0 Å². The molecule has 6 nitrogen and oxygen atoms in total. The number of aromatic nitrogens is 4. The molecule has 3 rings (SSSR count). The molecule has 1 saturated carbocycles. The molecule has 0 spiro atoms. The molecule has 2 heterocycles. The first-order valence-corrected chi connectivity index (χ1v) is 5.60. The largest absolute Gasteiger partial charge is 0.476 e. The van der Waals surface area contributed by atoms with Crippen molar-refractivity contribution in [1.29, 1.82) is 0 Å². The molecule has 1 aliphatic carbocycles. The Bertz CT molecular complexity index is 590. The third kappa shape index (κ3) is 1.39. The number of carboxylic acid groups (broad SMARTS) is 1. The van der Waals surface area contributed by atoms with E-state index < -0.39 is 5.97 Å². The molecular weight excluding hydrogens is 276 g/mol.